The number of amides is 1. The van der Waals surface area contributed by atoms with Crippen molar-refractivity contribution in [3.8, 4) is 0 Å². The molecule has 1 aromatic heterocycles. The maximum atomic E-state index is 11.8. The van der Waals surface area contributed by atoms with Gasteiger partial charge in [0, 0.05) is 23.7 Å². The van der Waals surface area contributed by atoms with Crippen LogP contribution in [-0.2, 0) is 11.3 Å². The molecule has 0 unspecified atom stereocenters. The first-order valence-electron chi connectivity index (χ1n) is 6.11. The molecule has 92 valence electrons. The van der Waals surface area contributed by atoms with E-state index < -0.39 is 0 Å². The Kier molecular flexibility index (Phi) is 2.63. The van der Waals surface area contributed by atoms with E-state index in [-0.39, 0.29) is 17.9 Å². The summed E-state index contributed by atoms with van der Waals surface area (Å²) >= 11 is 0. The molecule has 1 aromatic carbocycles. The van der Waals surface area contributed by atoms with E-state index in [4.69, 9.17) is 0 Å². The maximum absolute atomic E-state index is 11.8. The third kappa shape index (κ3) is 2.14. The fourth-order valence-electron chi connectivity index (χ4n) is 2.05. The van der Waals surface area contributed by atoms with Crippen molar-refractivity contribution in [1.29, 1.82) is 0 Å². The predicted octanol–water partition coefficient (Wildman–Crippen LogP) is 1.28. The molecule has 0 bridgehead atoms. The number of pyridine rings is 1. The van der Waals surface area contributed by atoms with E-state index in [1.807, 2.05) is 22.8 Å². The molecule has 0 spiro atoms. The van der Waals surface area contributed by atoms with Crippen LogP contribution >= 0.6 is 0 Å². The molecule has 1 aliphatic rings. The Hall–Kier alpha value is -2.10. The molecule has 4 heteroatoms. The first kappa shape index (κ1) is 11.0. The van der Waals surface area contributed by atoms with Gasteiger partial charge in [-0.3, -0.25) is 9.59 Å². The Morgan fingerprint density at radius 3 is 2.83 bits per heavy atom. The third-order valence-corrected chi connectivity index (χ3v) is 3.14. The van der Waals surface area contributed by atoms with Gasteiger partial charge in [0.05, 0.1) is 5.52 Å². The first-order chi connectivity index (χ1) is 8.74. The second kappa shape index (κ2) is 4.29. The number of hydrogen-bond donors (Lipinski definition) is 1. The minimum atomic E-state index is -0.00977. The van der Waals surface area contributed by atoms with Crippen LogP contribution in [0.3, 0.4) is 0 Å². The van der Waals surface area contributed by atoms with Crippen molar-refractivity contribution in [2.24, 2.45) is 0 Å². The zero-order valence-electron chi connectivity index (χ0n) is 9.93. The Balaban J connectivity index is 1.93. The summed E-state index contributed by atoms with van der Waals surface area (Å²) in [4.78, 5) is 23.5. The molecule has 1 heterocycles. The van der Waals surface area contributed by atoms with Crippen molar-refractivity contribution in [3.05, 3.63) is 46.8 Å². The number of nitrogens with zero attached hydrogens (tertiary/aromatic N) is 1. The molecule has 4 nitrogen and oxygen atoms in total. The van der Waals surface area contributed by atoms with Crippen molar-refractivity contribution >= 4 is 16.8 Å². The molecule has 3 rings (SSSR count). The van der Waals surface area contributed by atoms with E-state index in [9.17, 15) is 9.59 Å². The second-order valence-electron chi connectivity index (χ2n) is 4.67. The minimum absolute atomic E-state index is 0.00584. The van der Waals surface area contributed by atoms with Crippen LogP contribution in [0.25, 0.3) is 10.9 Å². The summed E-state index contributed by atoms with van der Waals surface area (Å²) in [5.41, 5.74) is 0.792. The van der Waals surface area contributed by atoms with Crippen LogP contribution in [-0.4, -0.2) is 16.5 Å². The number of aromatic nitrogens is 1. The minimum Gasteiger partial charge on any atom is -0.352 e. The predicted molar refractivity (Wildman–Crippen MR) is 69.4 cm³/mol. The normalized spacial score (nSPS) is 14.7. The molecule has 1 aliphatic carbocycles. The Morgan fingerprint density at radius 2 is 2.06 bits per heavy atom. The number of carbonyl (C=O) groups excluding carboxylic acids is 1. The van der Waals surface area contributed by atoms with E-state index >= 15 is 0 Å². The molecule has 0 radical (unpaired) electrons. The van der Waals surface area contributed by atoms with Crippen LogP contribution in [0.4, 0.5) is 0 Å². The highest BCUT2D eigenvalue weighted by molar-refractivity contribution is 5.82. The van der Waals surface area contributed by atoms with Gasteiger partial charge in [0.1, 0.15) is 6.54 Å². The average Bonchev–Trinajstić information content (AvgIpc) is 3.17. The van der Waals surface area contributed by atoms with Gasteiger partial charge in [0.15, 0.2) is 5.43 Å². The molecule has 1 N–H and O–H groups in total. The number of benzene rings is 1. The Morgan fingerprint density at radius 1 is 1.28 bits per heavy atom. The van der Waals surface area contributed by atoms with E-state index in [1.54, 1.807) is 12.3 Å². The quantitative estimate of drug-likeness (QED) is 0.881. The van der Waals surface area contributed by atoms with Gasteiger partial charge in [-0.1, -0.05) is 12.1 Å². The summed E-state index contributed by atoms with van der Waals surface area (Å²) in [7, 11) is 0. The summed E-state index contributed by atoms with van der Waals surface area (Å²) in [5, 5.41) is 3.60. The summed E-state index contributed by atoms with van der Waals surface area (Å²) < 4.78 is 1.81. The van der Waals surface area contributed by atoms with Gasteiger partial charge in [0.2, 0.25) is 5.91 Å². The van der Waals surface area contributed by atoms with E-state index in [0.717, 1.165) is 18.4 Å². The highest BCUT2D eigenvalue weighted by Crippen LogP contribution is 2.18. The van der Waals surface area contributed by atoms with E-state index in [2.05, 4.69) is 5.32 Å². The van der Waals surface area contributed by atoms with Gasteiger partial charge >= 0.3 is 0 Å². The summed E-state index contributed by atoms with van der Waals surface area (Å²) in [6.07, 6.45) is 3.84. The first-order valence-corrected chi connectivity index (χ1v) is 6.11. The van der Waals surface area contributed by atoms with Crippen molar-refractivity contribution in [2.75, 3.05) is 0 Å². The fraction of sp³-hybridized carbons (Fsp3) is 0.286. The topological polar surface area (TPSA) is 51.1 Å². The fourth-order valence-corrected chi connectivity index (χ4v) is 2.05. The SMILES string of the molecule is O=C(Cn1ccc(=O)c2ccccc21)NC1CC1. The molecule has 1 fully saturated rings. The van der Waals surface area contributed by atoms with Crippen molar-refractivity contribution in [1.82, 2.24) is 9.88 Å². The average molecular weight is 242 g/mol. The summed E-state index contributed by atoms with van der Waals surface area (Å²) in [6.45, 7) is 0.261. The van der Waals surface area contributed by atoms with Crippen molar-refractivity contribution in [2.45, 2.75) is 25.4 Å². The molecule has 2 aromatic rings. The van der Waals surface area contributed by atoms with Crippen molar-refractivity contribution < 1.29 is 4.79 Å². The highest BCUT2D eigenvalue weighted by Gasteiger charge is 2.23. The zero-order valence-corrected chi connectivity index (χ0v) is 9.93. The second-order valence-corrected chi connectivity index (χ2v) is 4.67. The maximum Gasteiger partial charge on any atom is 0.240 e. The molecular formula is C14H14N2O2. The van der Waals surface area contributed by atoms with Gasteiger partial charge in [-0.15, -0.1) is 0 Å². The van der Waals surface area contributed by atoms with Gasteiger partial charge in [-0.2, -0.15) is 0 Å². The monoisotopic (exact) mass is 242 g/mol. The van der Waals surface area contributed by atoms with Gasteiger partial charge in [-0.25, -0.2) is 0 Å². The lowest BCUT2D eigenvalue weighted by Gasteiger charge is -2.10. The third-order valence-electron chi connectivity index (χ3n) is 3.14. The van der Waals surface area contributed by atoms with Crippen LogP contribution < -0.4 is 10.7 Å². The smallest absolute Gasteiger partial charge is 0.240 e. The molecule has 0 aliphatic heterocycles. The van der Waals surface area contributed by atoms with Gasteiger partial charge < -0.3 is 9.88 Å². The molecule has 1 saturated carbocycles. The number of rotatable bonds is 3. The number of hydrogen-bond acceptors (Lipinski definition) is 2. The highest BCUT2D eigenvalue weighted by atomic mass is 16.2. The molecule has 0 atom stereocenters. The van der Waals surface area contributed by atoms with Crippen LogP contribution in [0, 0.1) is 0 Å². The largest absolute Gasteiger partial charge is 0.352 e. The molecule has 18 heavy (non-hydrogen) atoms. The molecule has 1 amide bonds. The zero-order chi connectivity index (χ0) is 12.5. The van der Waals surface area contributed by atoms with Gasteiger partial charge in [0.25, 0.3) is 0 Å². The lowest BCUT2D eigenvalue weighted by Crippen LogP contribution is -2.29. The lowest BCUT2D eigenvalue weighted by atomic mass is 10.2. The Labute approximate surface area is 104 Å². The van der Waals surface area contributed by atoms with E-state index in [0.29, 0.717) is 11.4 Å². The number of nitrogens with one attached hydrogen (secondary N) is 1. The van der Waals surface area contributed by atoms with Gasteiger partial charge in [-0.05, 0) is 25.0 Å². The van der Waals surface area contributed by atoms with Crippen LogP contribution in [0.5, 0.6) is 0 Å². The van der Waals surface area contributed by atoms with Crippen LogP contribution in [0.15, 0.2) is 41.3 Å². The van der Waals surface area contributed by atoms with Crippen LogP contribution in [0.1, 0.15) is 12.8 Å². The molecule has 0 saturated heterocycles. The summed E-state index contributed by atoms with van der Waals surface area (Å²) in [5.74, 6) is 0.00584. The number of carbonyl (C=O) groups is 1. The van der Waals surface area contributed by atoms with E-state index in [1.165, 1.54) is 6.07 Å². The number of para-hydroxylation sites is 1. The Bertz CT molecular complexity index is 656. The number of fused-ring (bicyclic) bond motifs is 1. The lowest BCUT2D eigenvalue weighted by molar-refractivity contribution is -0.121. The molecular weight excluding hydrogens is 228 g/mol. The standard InChI is InChI=1S/C14H14N2O2/c17-13-7-8-16(9-14(18)15-10-5-6-10)12-4-2-1-3-11(12)13/h1-4,7-8,10H,5-6,9H2,(H,15,18). The van der Waals surface area contributed by atoms with Crippen molar-refractivity contribution in [3.63, 3.8) is 0 Å². The van der Waals surface area contributed by atoms with Crippen LogP contribution in [0.2, 0.25) is 0 Å². The summed E-state index contributed by atoms with van der Waals surface area (Å²) in [6, 6.07) is 9.22.